The predicted molar refractivity (Wildman–Crippen MR) is 120 cm³/mol. The van der Waals surface area contributed by atoms with Crippen molar-refractivity contribution in [3.05, 3.63) is 81.9 Å². The van der Waals surface area contributed by atoms with E-state index in [1.54, 1.807) is 12.1 Å². The molecule has 0 spiro atoms. The highest BCUT2D eigenvalue weighted by atomic mass is 16.4. The molecule has 2 nitrogen and oxygen atoms in total. The summed E-state index contributed by atoms with van der Waals surface area (Å²) in [4.78, 5) is 11.1. The molecule has 2 aliphatic carbocycles. The van der Waals surface area contributed by atoms with Crippen molar-refractivity contribution in [3.8, 4) is 0 Å². The minimum absolute atomic E-state index is 0.205. The molecule has 4 rings (SSSR count). The number of aromatic carboxylic acids is 1. The van der Waals surface area contributed by atoms with E-state index in [9.17, 15) is 4.79 Å². The fourth-order valence-electron chi connectivity index (χ4n) is 4.77. The molecule has 0 bridgehead atoms. The minimum atomic E-state index is -0.884. The first-order valence-electron chi connectivity index (χ1n) is 10.6. The maximum atomic E-state index is 11.1. The van der Waals surface area contributed by atoms with Crippen LogP contribution in [0.25, 0.3) is 11.6 Å². The third kappa shape index (κ3) is 3.69. The summed E-state index contributed by atoms with van der Waals surface area (Å²) in [6, 6.07) is 14.2. The third-order valence-corrected chi connectivity index (χ3v) is 6.77. The number of benzene rings is 2. The van der Waals surface area contributed by atoms with Crippen LogP contribution >= 0.6 is 0 Å². The lowest BCUT2D eigenvalue weighted by Crippen LogP contribution is -2.33. The van der Waals surface area contributed by atoms with E-state index < -0.39 is 5.97 Å². The van der Waals surface area contributed by atoms with Crippen LogP contribution in [-0.4, -0.2) is 11.1 Å². The number of hydrogen-bond donors (Lipinski definition) is 1. The van der Waals surface area contributed by atoms with Gasteiger partial charge in [0.2, 0.25) is 0 Å². The van der Waals surface area contributed by atoms with Crippen molar-refractivity contribution in [2.75, 3.05) is 0 Å². The van der Waals surface area contributed by atoms with E-state index in [-0.39, 0.29) is 10.8 Å². The van der Waals surface area contributed by atoms with Crippen molar-refractivity contribution >= 4 is 17.6 Å². The topological polar surface area (TPSA) is 37.3 Å². The summed E-state index contributed by atoms with van der Waals surface area (Å²) in [6.07, 6.45) is 9.09. The number of hydrogen-bond acceptors (Lipinski definition) is 1. The molecule has 2 heteroatoms. The Morgan fingerprint density at radius 1 is 0.931 bits per heavy atom. The Hall–Kier alpha value is -2.61. The summed E-state index contributed by atoms with van der Waals surface area (Å²) in [5.41, 5.74) is 8.77. The first kappa shape index (κ1) is 19.7. The number of carboxylic acid groups (broad SMARTS) is 1. The van der Waals surface area contributed by atoms with Crippen LogP contribution in [-0.2, 0) is 10.8 Å². The van der Waals surface area contributed by atoms with Crippen LogP contribution in [0.3, 0.4) is 0 Å². The normalized spacial score (nSPS) is 21.0. The molecular weight excluding hydrogens is 356 g/mol. The molecule has 2 aromatic carbocycles. The van der Waals surface area contributed by atoms with Gasteiger partial charge < -0.3 is 5.11 Å². The highest BCUT2D eigenvalue weighted by Gasteiger charge is 2.37. The molecule has 0 radical (unpaired) electrons. The number of carbonyl (C=O) groups is 1. The number of carboxylic acids is 1. The summed E-state index contributed by atoms with van der Waals surface area (Å²) >= 11 is 0. The quantitative estimate of drug-likeness (QED) is 0.617. The van der Waals surface area contributed by atoms with Crippen LogP contribution in [0.4, 0.5) is 0 Å². The van der Waals surface area contributed by atoms with Crippen LogP contribution in [0.1, 0.15) is 86.0 Å². The second-order valence-corrected chi connectivity index (χ2v) is 9.78. The van der Waals surface area contributed by atoms with Gasteiger partial charge >= 0.3 is 5.97 Å². The smallest absolute Gasteiger partial charge is 0.335 e. The van der Waals surface area contributed by atoms with E-state index in [1.807, 2.05) is 12.1 Å². The van der Waals surface area contributed by atoms with Gasteiger partial charge in [-0.15, -0.1) is 0 Å². The van der Waals surface area contributed by atoms with Crippen molar-refractivity contribution in [1.82, 2.24) is 0 Å². The van der Waals surface area contributed by atoms with E-state index >= 15 is 0 Å². The van der Waals surface area contributed by atoms with Gasteiger partial charge in [0.25, 0.3) is 0 Å². The molecule has 0 aromatic heterocycles. The van der Waals surface area contributed by atoms with Crippen molar-refractivity contribution < 1.29 is 9.90 Å². The van der Waals surface area contributed by atoms with Crippen LogP contribution in [0.2, 0.25) is 0 Å². The lowest BCUT2D eigenvalue weighted by atomic mass is 9.63. The predicted octanol–water partition coefficient (Wildman–Crippen LogP) is 6.99. The van der Waals surface area contributed by atoms with Gasteiger partial charge in [0.05, 0.1) is 5.56 Å². The molecule has 0 fully saturated rings. The van der Waals surface area contributed by atoms with Gasteiger partial charge in [-0.1, -0.05) is 70.2 Å². The molecule has 1 N–H and O–H groups in total. The summed E-state index contributed by atoms with van der Waals surface area (Å²) in [5, 5.41) is 9.10. The highest BCUT2D eigenvalue weighted by molar-refractivity contribution is 5.89. The Labute approximate surface area is 174 Å². The second-order valence-electron chi connectivity index (χ2n) is 9.78. The largest absolute Gasteiger partial charge is 0.478 e. The van der Waals surface area contributed by atoms with Gasteiger partial charge in [0.15, 0.2) is 0 Å². The molecular formula is C27H30O2. The van der Waals surface area contributed by atoms with Gasteiger partial charge in [-0.25, -0.2) is 4.79 Å². The average molecular weight is 387 g/mol. The molecule has 0 amide bonds. The van der Waals surface area contributed by atoms with Gasteiger partial charge in [-0.3, -0.25) is 0 Å². The lowest BCUT2D eigenvalue weighted by molar-refractivity contribution is 0.0697. The SMILES string of the molecule is CC1(C)CCC(C)(C)c2cc(C3=CCCC3=Cc3ccc(C(=O)O)cc3)ccc21. The average Bonchev–Trinajstić information content (AvgIpc) is 3.14. The van der Waals surface area contributed by atoms with Crippen molar-refractivity contribution in [2.24, 2.45) is 0 Å². The maximum absolute atomic E-state index is 11.1. The Morgan fingerprint density at radius 2 is 1.59 bits per heavy atom. The van der Waals surface area contributed by atoms with E-state index in [0.717, 1.165) is 18.4 Å². The van der Waals surface area contributed by atoms with E-state index in [1.165, 1.54) is 40.7 Å². The summed E-state index contributed by atoms with van der Waals surface area (Å²) in [5.74, 6) is -0.884. The van der Waals surface area contributed by atoms with E-state index in [0.29, 0.717) is 5.56 Å². The van der Waals surface area contributed by atoms with Crippen LogP contribution < -0.4 is 0 Å². The number of rotatable bonds is 3. The fraction of sp³-hybridized carbons (Fsp3) is 0.370. The number of allylic oxidation sites excluding steroid dienone is 3. The van der Waals surface area contributed by atoms with E-state index in [2.05, 4.69) is 58.0 Å². The third-order valence-electron chi connectivity index (χ3n) is 6.77. The standard InChI is InChI=1S/C27H30O2/c1-26(2)14-15-27(3,4)24-17-21(12-13-23(24)26)22-7-5-6-20(22)16-18-8-10-19(11-9-18)25(28)29/h7-13,16-17H,5-6,14-15H2,1-4H3,(H,28,29). The van der Waals surface area contributed by atoms with Crippen LogP contribution in [0, 0.1) is 0 Å². The van der Waals surface area contributed by atoms with Gasteiger partial charge in [-0.05, 0) is 82.0 Å². The number of fused-ring (bicyclic) bond motifs is 1. The van der Waals surface area contributed by atoms with Crippen molar-refractivity contribution in [3.63, 3.8) is 0 Å². The molecule has 0 saturated carbocycles. The fourth-order valence-corrected chi connectivity index (χ4v) is 4.77. The molecule has 0 atom stereocenters. The molecule has 29 heavy (non-hydrogen) atoms. The maximum Gasteiger partial charge on any atom is 0.335 e. The molecule has 0 heterocycles. The molecule has 0 saturated heterocycles. The Balaban J connectivity index is 1.70. The Morgan fingerprint density at radius 3 is 2.24 bits per heavy atom. The van der Waals surface area contributed by atoms with Crippen LogP contribution in [0.5, 0.6) is 0 Å². The zero-order chi connectivity index (χ0) is 20.8. The van der Waals surface area contributed by atoms with Crippen molar-refractivity contribution in [2.45, 2.75) is 64.2 Å². The van der Waals surface area contributed by atoms with E-state index in [4.69, 9.17) is 5.11 Å². The first-order chi connectivity index (χ1) is 13.7. The molecule has 2 aromatic rings. The summed E-state index contributed by atoms with van der Waals surface area (Å²) in [6.45, 7) is 9.46. The summed E-state index contributed by atoms with van der Waals surface area (Å²) < 4.78 is 0. The van der Waals surface area contributed by atoms with Gasteiger partial charge in [0.1, 0.15) is 0 Å². The Kier molecular flexibility index (Phi) is 4.77. The minimum Gasteiger partial charge on any atom is -0.478 e. The van der Waals surface area contributed by atoms with Gasteiger partial charge in [0, 0.05) is 0 Å². The molecule has 150 valence electrons. The molecule has 0 aliphatic heterocycles. The molecule has 2 aliphatic rings. The second kappa shape index (κ2) is 7.02. The molecule has 0 unspecified atom stereocenters. The lowest BCUT2D eigenvalue weighted by Gasteiger charge is -2.42. The highest BCUT2D eigenvalue weighted by Crippen LogP contribution is 2.47. The van der Waals surface area contributed by atoms with Crippen molar-refractivity contribution in [1.29, 1.82) is 0 Å². The zero-order valence-electron chi connectivity index (χ0n) is 17.9. The van der Waals surface area contributed by atoms with Crippen LogP contribution in [0.15, 0.2) is 54.1 Å². The first-order valence-corrected chi connectivity index (χ1v) is 10.6. The Bertz CT molecular complexity index is 1020. The van der Waals surface area contributed by atoms with Gasteiger partial charge in [-0.2, -0.15) is 0 Å². The monoisotopic (exact) mass is 386 g/mol. The summed E-state index contributed by atoms with van der Waals surface area (Å²) in [7, 11) is 0. The zero-order valence-corrected chi connectivity index (χ0v) is 17.9.